The maximum absolute atomic E-state index is 13.5. The Morgan fingerprint density at radius 1 is 1.16 bits per heavy atom. The fourth-order valence-electron chi connectivity index (χ4n) is 2.30. The third-order valence-corrected chi connectivity index (χ3v) is 4.22. The third-order valence-electron chi connectivity index (χ3n) is 3.92. The minimum atomic E-state index is -0.696. The minimum absolute atomic E-state index is 0.00714. The van der Waals surface area contributed by atoms with Gasteiger partial charge in [0, 0.05) is 12.8 Å². The highest BCUT2D eigenvalue weighted by molar-refractivity contribution is 6.32. The molecule has 0 fully saturated rings. The maximum Gasteiger partial charge on any atom is 0.311 e. The Kier molecular flexibility index (Phi) is 10.2. The van der Waals surface area contributed by atoms with Crippen LogP contribution in [0.2, 0.25) is 5.02 Å². The molecule has 0 bridgehead atoms. The first-order valence-electron chi connectivity index (χ1n) is 8.78. The van der Waals surface area contributed by atoms with Gasteiger partial charge in [0.25, 0.3) is 0 Å². The number of benzene rings is 1. The molecule has 6 heteroatoms. The average molecular weight is 373 g/mol. The number of rotatable bonds is 11. The topological polar surface area (TPSA) is 52.6 Å². The van der Waals surface area contributed by atoms with Crippen molar-refractivity contribution in [3.63, 3.8) is 0 Å². The molecule has 0 aliphatic rings. The van der Waals surface area contributed by atoms with Crippen molar-refractivity contribution in [1.29, 1.82) is 0 Å². The van der Waals surface area contributed by atoms with Crippen molar-refractivity contribution in [2.75, 3.05) is 6.61 Å². The molecule has 0 aromatic heterocycles. The lowest BCUT2D eigenvalue weighted by molar-refractivity contribution is -0.145. The molecule has 0 saturated carbocycles. The lowest BCUT2D eigenvalue weighted by Crippen LogP contribution is -2.15. The van der Waals surface area contributed by atoms with E-state index in [2.05, 4.69) is 13.8 Å². The number of hydrogen-bond acceptors (Lipinski definition) is 4. The molecule has 0 heterocycles. The number of carbonyl (C=O) groups excluding carboxylic acids is 2. The van der Waals surface area contributed by atoms with Gasteiger partial charge in [-0.3, -0.25) is 9.59 Å². The number of halogens is 2. The number of esters is 2. The van der Waals surface area contributed by atoms with E-state index in [1.807, 2.05) is 0 Å². The Labute approximate surface area is 153 Å². The summed E-state index contributed by atoms with van der Waals surface area (Å²) in [4.78, 5) is 23.5. The van der Waals surface area contributed by atoms with Gasteiger partial charge in [-0.1, -0.05) is 50.8 Å². The molecule has 4 nitrogen and oxygen atoms in total. The standard InChI is InChI=1S/C19H26ClFO4/c1-3-5-8-14(4-2)13-24-17(22)11-7-12-18(23)25-19-15(20)9-6-10-16(19)21/h6,9-10,14H,3-5,7-8,11-13H2,1-2H3. The molecule has 140 valence electrons. The molecule has 1 unspecified atom stereocenters. The molecule has 0 amide bonds. The van der Waals surface area contributed by atoms with Crippen LogP contribution in [0.15, 0.2) is 18.2 Å². The Balaban J connectivity index is 2.27. The second-order valence-electron chi connectivity index (χ2n) is 5.98. The van der Waals surface area contributed by atoms with Crippen LogP contribution in [-0.4, -0.2) is 18.5 Å². The summed E-state index contributed by atoms with van der Waals surface area (Å²) in [6.45, 7) is 4.63. The summed E-state index contributed by atoms with van der Waals surface area (Å²) in [7, 11) is 0. The van der Waals surface area contributed by atoms with Crippen molar-refractivity contribution in [1.82, 2.24) is 0 Å². The second kappa shape index (κ2) is 11.9. The van der Waals surface area contributed by atoms with Gasteiger partial charge in [-0.25, -0.2) is 4.39 Å². The van der Waals surface area contributed by atoms with E-state index in [4.69, 9.17) is 21.1 Å². The van der Waals surface area contributed by atoms with E-state index in [9.17, 15) is 14.0 Å². The number of unbranched alkanes of at least 4 members (excludes halogenated alkanes) is 1. The number of ether oxygens (including phenoxy) is 2. The van der Waals surface area contributed by atoms with Crippen LogP contribution in [0, 0.1) is 11.7 Å². The molecule has 1 aromatic rings. The zero-order valence-corrected chi connectivity index (χ0v) is 15.6. The van der Waals surface area contributed by atoms with Gasteiger partial charge in [0.2, 0.25) is 0 Å². The first kappa shape index (κ1) is 21.4. The van der Waals surface area contributed by atoms with Crippen molar-refractivity contribution in [3.05, 3.63) is 29.0 Å². The molecule has 25 heavy (non-hydrogen) atoms. The van der Waals surface area contributed by atoms with Crippen LogP contribution in [0.25, 0.3) is 0 Å². The van der Waals surface area contributed by atoms with Crippen LogP contribution < -0.4 is 4.74 Å². The number of para-hydroxylation sites is 1. The predicted octanol–water partition coefficient (Wildman–Crippen LogP) is 5.31. The van der Waals surface area contributed by atoms with Crippen LogP contribution in [0.1, 0.15) is 58.8 Å². The van der Waals surface area contributed by atoms with Crippen LogP contribution >= 0.6 is 11.6 Å². The Bertz CT molecular complexity index is 542. The summed E-state index contributed by atoms with van der Waals surface area (Å²) < 4.78 is 23.7. The molecular weight excluding hydrogens is 347 g/mol. The zero-order valence-electron chi connectivity index (χ0n) is 14.9. The van der Waals surface area contributed by atoms with Crippen LogP contribution in [0.4, 0.5) is 4.39 Å². The van der Waals surface area contributed by atoms with E-state index in [1.54, 1.807) is 0 Å². The van der Waals surface area contributed by atoms with Gasteiger partial charge in [-0.15, -0.1) is 0 Å². The zero-order chi connectivity index (χ0) is 18.7. The van der Waals surface area contributed by atoms with Crippen LogP contribution in [0.5, 0.6) is 5.75 Å². The van der Waals surface area contributed by atoms with Gasteiger partial charge in [0.05, 0.1) is 11.6 Å². The van der Waals surface area contributed by atoms with Crippen molar-refractivity contribution in [3.8, 4) is 5.75 Å². The quantitative estimate of drug-likeness (QED) is 0.390. The molecule has 0 aliphatic heterocycles. The number of hydrogen-bond donors (Lipinski definition) is 0. The van der Waals surface area contributed by atoms with E-state index in [0.717, 1.165) is 31.7 Å². The third kappa shape index (κ3) is 8.34. The highest BCUT2D eigenvalue weighted by atomic mass is 35.5. The average Bonchev–Trinajstić information content (AvgIpc) is 2.58. The van der Waals surface area contributed by atoms with Crippen LogP contribution in [0.3, 0.4) is 0 Å². The monoisotopic (exact) mass is 372 g/mol. The molecular formula is C19H26ClFO4. The lowest BCUT2D eigenvalue weighted by atomic mass is 10.0. The van der Waals surface area contributed by atoms with Gasteiger partial charge in [0.1, 0.15) is 0 Å². The molecule has 0 saturated heterocycles. The first-order chi connectivity index (χ1) is 12.0. The van der Waals surface area contributed by atoms with E-state index < -0.39 is 11.8 Å². The Morgan fingerprint density at radius 2 is 1.88 bits per heavy atom. The SMILES string of the molecule is CCCCC(CC)COC(=O)CCCC(=O)Oc1c(F)cccc1Cl. The summed E-state index contributed by atoms with van der Waals surface area (Å²) in [6.07, 6.45) is 4.69. The summed E-state index contributed by atoms with van der Waals surface area (Å²) in [5, 5.41) is 0.0328. The van der Waals surface area contributed by atoms with E-state index in [-0.39, 0.29) is 36.0 Å². The van der Waals surface area contributed by atoms with Gasteiger partial charge in [-0.2, -0.15) is 0 Å². The van der Waals surface area contributed by atoms with E-state index in [0.29, 0.717) is 12.5 Å². The summed E-state index contributed by atoms with van der Waals surface area (Å²) in [6, 6.07) is 4.02. The fourth-order valence-corrected chi connectivity index (χ4v) is 2.50. The molecule has 1 aromatic carbocycles. The van der Waals surface area contributed by atoms with E-state index in [1.165, 1.54) is 12.1 Å². The summed E-state index contributed by atoms with van der Waals surface area (Å²) in [5.74, 6) is -1.55. The van der Waals surface area contributed by atoms with Gasteiger partial charge >= 0.3 is 11.9 Å². The van der Waals surface area contributed by atoms with Crippen molar-refractivity contribution in [2.24, 2.45) is 5.92 Å². The highest BCUT2D eigenvalue weighted by Gasteiger charge is 2.14. The predicted molar refractivity (Wildman–Crippen MR) is 95.2 cm³/mol. The van der Waals surface area contributed by atoms with Crippen molar-refractivity contribution in [2.45, 2.75) is 58.8 Å². The maximum atomic E-state index is 13.5. The van der Waals surface area contributed by atoms with Crippen molar-refractivity contribution < 1.29 is 23.5 Å². The van der Waals surface area contributed by atoms with Gasteiger partial charge in [0.15, 0.2) is 11.6 Å². The normalized spacial score (nSPS) is 11.8. The molecule has 0 spiro atoms. The smallest absolute Gasteiger partial charge is 0.311 e. The molecule has 0 aliphatic carbocycles. The second-order valence-corrected chi connectivity index (χ2v) is 6.39. The molecule has 0 radical (unpaired) electrons. The minimum Gasteiger partial charge on any atom is -0.465 e. The Morgan fingerprint density at radius 3 is 2.52 bits per heavy atom. The molecule has 1 rings (SSSR count). The van der Waals surface area contributed by atoms with Gasteiger partial charge < -0.3 is 9.47 Å². The first-order valence-corrected chi connectivity index (χ1v) is 9.16. The Hall–Kier alpha value is -1.62. The summed E-state index contributed by atoms with van der Waals surface area (Å²) >= 11 is 5.79. The fraction of sp³-hybridized carbons (Fsp3) is 0.579. The molecule has 0 N–H and O–H groups in total. The van der Waals surface area contributed by atoms with Gasteiger partial charge in [-0.05, 0) is 30.9 Å². The van der Waals surface area contributed by atoms with Crippen molar-refractivity contribution >= 4 is 23.5 Å². The van der Waals surface area contributed by atoms with Crippen LogP contribution in [-0.2, 0) is 14.3 Å². The molecule has 1 atom stereocenters. The highest BCUT2D eigenvalue weighted by Crippen LogP contribution is 2.27. The largest absolute Gasteiger partial charge is 0.465 e. The number of carbonyl (C=O) groups is 2. The lowest BCUT2D eigenvalue weighted by Gasteiger charge is -2.14. The summed E-state index contributed by atoms with van der Waals surface area (Å²) in [5.41, 5.74) is 0. The van der Waals surface area contributed by atoms with E-state index >= 15 is 0 Å².